The molecule has 1 aromatic carbocycles. The van der Waals surface area contributed by atoms with Gasteiger partial charge >= 0.3 is 5.97 Å². The molecule has 2 rings (SSSR count). The molecule has 26 heavy (non-hydrogen) atoms. The number of likely N-dealkylation sites (tertiary alicyclic amines) is 1. The fourth-order valence-electron chi connectivity index (χ4n) is 2.94. The molecule has 0 radical (unpaired) electrons. The van der Waals surface area contributed by atoms with E-state index < -0.39 is 17.0 Å². The summed E-state index contributed by atoms with van der Waals surface area (Å²) in [6.45, 7) is 3.19. The number of amides is 1. The predicted molar refractivity (Wildman–Crippen MR) is 96.8 cm³/mol. The molecule has 1 atom stereocenters. The van der Waals surface area contributed by atoms with E-state index in [2.05, 4.69) is 5.32 Å². The van der Waals surface area contributed by atoms with Crippen LogP contribution in [0.5, 0.6) is 0 Å². The SMILES string of the molecule is CC(OC(=O)CCNc1ccccc1[N+](=O)[O-])C(=O)N1CCCCCC1. The van der Waals surface area contributed by atoms with Crippen molar-refractivity contribution in [2.45, 2.75) is 45.1 Å². The van der Waals surface area contributed by atoms with E-state index in [1.165, 1.54) is 6.07 Å². The van der Waals surface area contributed by atoms with Gasteiger partial charge in [0.25, 0.3) is 11.6 Å². The van der Waals surface area contributed by atoms with Crippen LogP contribution in [0, 0.1) is 10.1 Å². The van der Waals surface area contributed by atoms with Crippen LogP contribution in [0.15, 0.2) is 24.3 Å². The van der Waals surface area contributed by atoms with Crippen molar-refractivity contribution in [3.8, 4) is 0 Å². The molecule has 0 aliphatic carbocycles. The lowest BCUT2D eigenvalue weighted by Gasteiger charge is -2.24. The summed E-state index contributed by atoms with van der Waals surface area (Å²) in [4.78, 5) is 36.5. The molecular formula is C18H25N3O5. The van der Waals surface area contributed by atoms with Crippen LogP contribution >= 0.6 is 0 Å². The fourth-order valence-corrected chi connectivity index (χ4v) is 2.94. The Kier molecular flexibility index (Phi) is 7.37. The monoisotopic (exact) mass is 363 g/mol. The Morgan fingerprint density at radius 3 is 2.54 bits per heavy atom. The van der Waals surface area contributed by atoms with E-state index in [4.69, 9.17) is 4.74 Å². The molecule has 1 aromatic rings. The van der Waals surface area contributed by atoms with Crippen LogP contribution in [-0.2, 0) is 14.3 Å². The van der Waals surface area contributed by atoms with Crippen molar-refractivity contribution in [3.63, 3.8) is 0 Å². The van der Waals surface area contributed by atoms with E-state index >= 15 is 0 Å². The summed E-state index contributed by atoms with van der Waals surface area (Å²) in [6.07, 6.45) is 3.40. The van der Waals surface area contributed by atoms with Crippen molar-refractivity contribution >= 4 is 23.3 Å². The van der Waals surface area contributed by atoms with Crippen LogP contribution < -0.4 is 5.32 Å². The van der Waals surface area contributed by atoms with Crippen LogP contribution in [0.2, 0.25) is 0 Å². The molecule has 1 heterocycles. The number of rotatable bonds is 7. The number of carbonyl (C=O) groups excluding carboxylic acids is 2. The number of hydrogen-bond acceptors (Lipinski definition) is 6. The van der Waals surface area contributed by atoms with Gasteiger partial charge in [-0.2, -0.15) is 0 Å². The van der Waals surface area contributed by atoms with Crippen LogP contribution in [-0.4, -0.2) is 47.4 Å². The Bertz CT molecular complexity index is 641. The number of para-hydroxylation sites is 2. The molecule has 1 N–H and O–H groups in total. The zero-order chi connectivity index (χ0) is 18.9. The average Bonchev–Trinajstić information content (AvgIpc) is 2.90. The van der Waals surface area contributed by atoms with Crippen LogP contribution in [0.3, 0.4) is 0 Å². The Morgan fingerprint density at radius 2 is 1.88 bits per heavy atom. The van der Waals surface area contributed by atoms with E-state index in [0.29, 0.717) is 18.8 Å². The van der Waals surface area contributed by atoms with Crippen molar-refractivity contribution in [3.05, 3.63) is 34.4 Å². The first-order valence-electron chi connectivity index (χ1n) is 8.94. The number of hydrogen-bond donors (Lipinski definition) is 1. The van der Waals surface area contributed by atoms with Gasteiger partial charge in [0.2, 0.25) is 0 Å². The first-order chi connectivity index (χ1) is 12.5. The Balaban J connectivity index is 1.77. The van der Waals surface area contributed by atoms with E-state index in [9.17, 15) is 19.7 Å². The second kappa shape index (κ2) is 9.74. The summed E-state index contributed by atoms with van der Waals surface area (Å²) in [6, 6.07) is 6.22. The number of nitrogens with zero attached hydrogens (tertiary/aromatic N) is 2. The number of carbonyl (C=O) groups is 2. The largest absolute Gasteiger partial charge is 0.452 e. The zero-order valence-electron chi connectivity index (χ0n) is 15.0. The van der Waals surface area contributed by atoms with Gasteiger partial charge in [0, 0.05) is 25.7 Å². The van der Waals surface area contributed by atoms with E-state index in [-0.39, 0.29) is 24.6 Å². The van der Waals surface area contributed by atoms with Crippen molar-refractivity contribution in [1.82, 2.24) is 4.90 Å². The lowest BCUT2D eigenvalue weighted by atomic mass is 10.2. The van der Waals surface area contributed by atoms with Crippen LogP contribution in [0.4, 0.5) is 11.4 Å². The third kappa shape index (κ3) is 5.72. The normalized spacial score (nSPS) is 15.7. The van der Waals surface area contributed by atoms with Crippen molar-refractivity contribution < 1.29 is 19.2 Å². The Morgan fingerprint density at radius 1 is 1.23 bits per heavy atom. The summed E-state index contributed by atoms with van der Waals surface area (Å²) in [5, 5.41) is 13.8. The van der Waals surface area contributed by atoms with Gasteiger partial charge in [0.1, 0.15) is 5.69 Å². The molecule has 8 nitrogen and oxygen atoms in total. The molecule has 1 amide bonds. The summed E-state index contributed by atoms with van der Waals surface area (Å²) in [7, 11) is 0. The van der Waals surface area contributed by atoms with Gasteiger partial charge in [-0.25, -0.2) is 0 Å². The fraction of sp³-hybridized carbons (Fsp3) is 0.556. The standard InChI is InChI=1S/C18H25N3O5/c1-14(18(23)20-12-6-2-3-7-13-20)26-17(22)10-11-19-15-8-4-5-9-16(15)21(24)25/h4-5,8-9,14,19H,2-3,6-7,10-13H2,1H3. The van der Waals surface area contributed by atoms with E-state index in [1.807, 2.05) is 0 Å². The van der Waals surface area contributed by atoms with Gasteiger partial charge in [-0.05, 0) is 25.8 Å². The van der Waals surface area contributed by atoms with E-state index in [0.717, 1.165) is 25.7 Å². The van der Waals surface area contributed by atoms with Crippen LogP contribution in [0.1, 0.15) is 39.0 Å². The summed E-state index contributed by atoms with van der Waals surface area (Å²) in [5.41, 5.74) is 0.296. The zero-order valence-corrected chi connectivity index (χ0v) is 15.0. The highest BCUT2D eigenvalue weighted by Crippen LogP contribution is 2.22. The maximum Gasteiger partial charge on any atom is 0.308 e. The number of nitro groups is 1. The van der Waals surface area contributed by atoms with Crippen molar-refractivity contribution in [1.29, 1.82) is 0 Å². The van der Waals surface area contributed by atoms with Gasteiger partial charge in [0.05, 0.1) is 11.3 Å². The number of nitrogens with one attached hydrogen (secondary N) is 1. The highest BCUT2D eigenvalue weighted by atomic mass is 16.6. The second-order valence-corrected chi connectivity index (χ2v) is 6.32. The molecule has 0 saturated carbocycles. The molecule has 0 spiro atoms. The number of anilines is 1. The van der Waals surface area contributed by atoms with E-state index in [1.54, 1.807) is 30.0 Å². The molecular weight excluding hydrogens is 338 g/mol. The number of benzene rings is 1. The third-order valence-electron chi connectivity index (χ3n) is 4.32. The smallest absolute Gasteiger partial charge is 0.308 e. The number of nitro benzene ring substituents is 1. The Hall–Kier alpha value is -2.64. The molecule has 0 aromatic heterocycles. The lowest BCUT2D eigenvalue weighted by molar-refractivity contribution is -0.384. The number of ether oxygens (including phenoxy) is 1. The third-order valence-corrected chi connectivity index (χ3v) is 4.32. The lowest BCUT2D eigenvalue weighted by Crippen LogP contribution is -2.40. The number of esters is 1. The molecule has 1 aliphatic rings. The summed E-state index contributed by atoms with van der Waals surface area (Å²) >= 11 is 0. The molecule has 0 bridgehead atoms. The quantitative estimate of drug-likeness (QED) is 0.454. The summed E-state index contributed by atoms with van der Waals surface area (Å²) < 4.78 is 5.22. The van der Waals surface area contributed by atoms with Gasteiger partial charge in [-0.15, -0.1) is 0 Å². The maximum absolute atomic E-state index is 12.4. The van der Waals surface area contributed by atoms with Gasteiger partial charge < -0.3 is 15.0 Å². The first kappa shape index (κ1) is 19.7. The molecule has 8 heteroatoms. The van der Waals surface area contributed by atoms with Gasteiger partial charge in [-0.1, -0.05) is 25.0 Å². The second-order valence-electron chi connectivity index (χ2n) is 6.32. The predicted octanol–water partition coefficient (Wildman–Crippen LogP) is 2.73. The highest BCUT2D eigenvalue weighted by Gasteiger charge is 2.24. The topological polar surface area (TPSA) is 102 Å². The molecule has 1 unspecified atom stereocenters. The molecule has 1 saturated heterocycles. The maximum atomic E-state index is 12.4. The molecule has 1 aliphatic heterocycles. The average molecular weight is 363 g/mol. The van der Waals surface area contributed by atoms with Crippen molar-refractivity contribution in [2.75, 3.05) is 25.0 Å². The van der Waals surface area contributed by atoms with Gasteiger partial charge in [0.15, 0.2) is 6.10 Å². The minimum absolute atomic E-state index is 0.0175. The minimum atomic E-state index is -0.813. The van der Waals surface area contributed by atoms with Crippen LogP contribution in [0.25, 0.3) is 0 Å². The van der Waals surface area contributed by atoms with Crippen molar-refractivity contribution in [2.24, 2.45) is 0 Å². The van der Waals surface area contributed by atoms with Gasteiger partial charge in [-0.3, -0.25) is 19.7 Å². The summed E-state index contributed by atoms with van der Waals surface area (Å²) in [5.74, 6) is -0.668. The minimum Gasteiger partial charge on any atom is -0.452 e. The molecule has 142 valence electrons. The first-order valence-corrected chi connectivity index (χ1v) is 8.94. The Labute approximate surface area is 152 Å². The highest BCUT2D eigenvalue weighted by molar-refractivity contribution is 5.83. The molecule has 1 fully saturated rings.